The molecule has 7 nitrogen and oxygen atoms in total. The number of morpholine rings is 1. The summed E-state index contributed by atoms with van der Waals surface area (Å²) >= 11 is 0. The summed E-state index contributed by atoms with van der Waals surface area (Å²) in [6, 6.07) is 6.69. The third-order valence-corrected chi connectivity index (χ3v) is 5.47. The molecule has 2 fully saturated rings. The standard InChI is InChI=1S/C20H28N6O/c1-24(19-6-9-22-20(23-19)26-11-13-27-14-12-26)18-3-2-10-25(16-18)15-17-4-7-21-8-5-17/h4-9,18H,2-3,10-16H2,1H3. The second-order valence-corrected chi connectivity index (χ2v) is 7.31. The molecule has 0 spiro atoms. The minimum atomic E-state index is 0.466. The van der Waals surface area contributed by atoms with E-state index in [1.54, 1.807) is 0 Å². The summed E-state index contributed by atoms with van der Waals surface area (Å²) in [5, 5.41) is 0. The van der Waals surface area contributed by atoms with E-state index in [-0.39, 0.29) is 0 Å². The van der Waals surface area contributed by atoms with Crippen molar-refractivity contribution in [2.75, 3.05) is 56.2 Å². The van der Waals surface area contributed by atoms with Crippen LogP contribution in [0.4, 0.5) is 11.8 Å². The number of hydrogen-bond acceptors (Lipinski definition) is 7. The predicted octanol–water partition coefficient (Wildman–Crippen LogP) is 1.81. The number of hydrogen-bond donors (Lipinski definition) is 0. The van der Waals surface area contributed by atoms with Crippen LogP contribution in [0.1, 0.15) is 18.4 Å². The molecule has 27 heavy (non-hydrogen) atoms. The molecule has 0 radical (unpaired) electrons. The van der Waals surface area contributed by atoms with Crippen LogP contribution in [0.15, 0.2) is 36.8 Å². The Morgan fingerprint density at radius 2 is 1.93 bits per heavy atom. The minimum absolute atomic E-state index is 0.466. The summed E-state index contributed by atoms with van der Waals surface area (Å²) in [6.45, 7) is 6.39. The molecule has 1 atom stereocenters. The van der Waals surface area contributed by atoms with Crippen LogP contribution < -0.4 is 9.80 Å². The first-order valence-corrected chi connectivity index (χ1v) is 9.79. The quantitative estimate of drug-likeness (QED) is 0.798. The minimum Gasteiger partial charge on any atom is -0.378 e. The van der Waals surface area contributed by atoms with Crippen LogP contribution in [-0.4, -0.2) is 72.3 Å². The third kappa shape index (κ3) is 4.54. The van der Waals surface area contributed by atoms with Crippen molar-refractivity contribution in [1.29, 1.82) is 0 Å². The molecule has 0 aromatic carbocycles. The topological polar surface area (TPSA) is 57.6 Å². The van der Waals surface area contributed by atoms with Crippen LogP contribution in [0.2, 0.25) is 0 Å². The smallest absolute Gasteiger partial charge is 0.227 e. The van der Waals surface area contributed by atoms with Gasteiger partial charge < -0.3 is 14.5 Å². The Morgan fingerprint density at radius 3 is 2.74 bits per heavy atom. The van der Waals surface area contributed by atoms with Crippen LogP contribution in [0.25, 0.3) is 0 Å². The lowest BCUT2D eigenvalue weighted by molar-refractivity contribution is 0.122. The third-order valence-electron chi connectivity index (χ3n) is 5.47. The number of ether oxygens (including phenoxy) is 1. The van der Waals surface area contributed by atoms with E-state index in [0.29, 0.717) is 6.04 Å². The highest BCUT2D eigenvalue weighted by molar-refractivity contribution is 5.44. The number of likely N-dealkylation sites (N-methyl/N-ethyl adjacent to an activating group) is 1. The van der Waals surface area contributed by atoms with Crippen LogP contribution in [0.3, 0.4) is 0 Å². The molecule has 4 rings (SSSR count). The van der Waals surface area contributed by atoms with Crippen molar-refractivity contribution >= 4 is 11.8 Å². The van der Waals surface area contributed by atoms with Crippen LogP contribution in [0, 0.1) is 0 Å². The Morgan fingerprint density at radius 1 is 1.11 bits per heavy atom. The first-order valence-electron chi connectivity index (χ1n) is 9.79. The summed E-state index contributed by atoms with van der Waals surface area (Å²) in [5.41, 5.74) is 1.32. The van der Waals surface area contributed by atoms with Crippen molar-refractivity contribution in [2.24, 2.45) is 0 Å². The fourth-order valence-electron chi connectivity index (χ4n) is 3.88. The summed E-state index contributed by atoms with van der Waals surface area (Å²) < 4.78 is 5.44. The van der Waals surface area contributed by atoms with Gasteiger partial charge in [0.05, 0.1) is 13.2 Å². The van der Waals surface area contributed by atoms with Crippen molar-refractivity contribution in [1.82, 2.24) is 19.9 Å². The lowest BCUT2D eigenvalue weighted by Gasteiger charge is -2.38. The highest BCUT2D eigenvalue weighted by Gasteiger charge is 2.25. The van der Waals surface area contributed by atoms with E-state index in [1.165, 1.54) is 18.4 Å². The Hall–Kier alpha value is -2.25. The Labute approximate surface area is 161 Å². The average Bonchev–Trinajstić information content (AvgIpc) is 2.75. The molecular weight excluding hydrogens is 340 g/mol. The Kier molecular flexibility index (Phi) is 5.79. The van der Waals surface area contributed by atoms with Gasteiger partial charge >= 0.3 is 0 Å². The number of nitrogens with zero attached hydrogens (tertiary/aromatic N) is 6. The van der Waals surface area contributed by atoms with E-state index >= 15 is 0 Å². The van der Waals surface area contributed by atoms with E-state index in [0.717, 1.165) is 57.7 Å². The van der Waals surface area contributed by atoms with Gasteiger partial charge in [0.25, 0.3) is 0 Å². The van der Waals surface area contributed by atoms with Gasteiger partial charge in [-0.05, 0) is 43.1 Å². The fourth-order valence-corrected chi connectivity index (χ4v) is 3.88. The summed E-state index contributed by atoms with van der Waals surface area (Å²) in [7, 11) is 2.16. The van der Waals surface area contributed by atoms with Crippen LogP contribution >= 0.6 is 0 Å². The second-order valence-electron chi connectivity index (χ2n) is 7.31. The SMILES string of the molecule is CN(c1ccnc(N2CCOCC2)n1)C1CCCN(Cc2ccncc2)C1. The van der Waals surface area contributed by atoms with Crippen molar-refractivity contribution in [3.8, 4) is 0 Å². The Balaban J connectivity index is 1.41. The molecule has 2 aliphatic rings. The first kappa shape index (κ1) is 18.1. The average molecular weight is 368 g/mol. The van der Waals surface area contributed by atoms with Gasteiger partial charge in [-0.15, -0.1) is 0 Å². The van der Waals surface area contributed by atoms with Gasteiger partial charge in [-0.2, -0.15) is 4.98 Å². The first-order chi connectivity index (χ1) is 13.3. The van der Waals surface area contributed by atoms with Gasteiger partial charge in [-0.25, -0.2) is 4.98 Å². The van der Waals surface area contributed by atoms with E-state index in [9.17, 15) is 0 Å². The van der Waals surface area contributed by atoms with E-state index in [2.05, 4.69) is 43.8 Å². The zero-order valence-electron chi connectivity index (χ0n) is 16.0. The number of piperidine rings is 1. The van der Waals surface area contributed by atoms with Crippen molar-refractivity contribution in [2.45, 2.75) is 25.4 Å². The largest absolute Gasteiger partial charge is 0.378 e. The monoisotopic (exact) mass is 368 g/mol. The zero-order valence-corrected chi connectivity index (χ0v) is 16.0. The summed E-state index contributed by atoms with van der Waals surface area (Å²) in [4.78, 5) is 20.5. The molecule has 2 aromatic rings. The zero-order chi connectivity index (χ0) is 18.5. The van der Waals surface area contributed by atoms with Gasteiger partial charge in [-0.3, -0.25) is 9.88 Å². The van der Waals surface area contributed by atoms with E-state index in [4.69, 9.17) is 9.72 Å². The summed E-state index contributed by atoms with van der Waals surface area (Å²) in [5.74, 6) is 1.81. The van der Waals surface area contributed by atoms with Gasteiger partial charge in [0.1, 0.15) is 5.82 Å². The number of likely N-dealkylation sites (tertiary alicyclic amines) is 1. The van der Waals surface area contributed by atoms with Gasteiger partial charge in [0.15, 0.2) is 0 Å². The van der Waals surface area contributed by atoms with Gasteiger partial charge in [0.2, 0.25) is 5.95 Å². The number of pyridine rings is 1. The van der Waals surface area contributed by atoms with E-state index in [1.807, 2.05) is 24.7 Å². The fraction of sp³-hybridized carbons (Fsp3) is 0.550. The maximum Gasteiger partial charge on any atom is 0.227 e. The second kappa shape index (κ2) is 8.63. The summed E-state index contributed by atoms with van der Waals surface area (Å²) in [6.07, 6.45) is 8.02. The maximum atomic E-state index is 5.44. The van der Waals surface area contributed by atoms with Crippen molar-refractivity contribution in [3.05, 3.63) is 42.4 Å². The molecule has 2 aliphatic heterocycles. The lowest BCUT2D eigenvalue weighted by atomic mass is 10.0. The molecule has 4 heterocycles. The maximum absolute atomic E-state index is 5.44. The van der Waals surface area contributed by atoms with Crippen LogP contribution in [0.5, 0.6) is 0 Å². The molecule has 1 unspecified atom stereocenters. The molecule has 2 aromatic heterocycles. The van der Waals surface area contributed by atoms with Crippen molar-refractivity contribution in [3.63, 3.8) is 0 Å². The highest BCUT2D eigenvalue weighted by atomic mass is 16.5. The number of rotatable bonds is 5. The molecule has 0 aliphatic carbocycles. The van der Waals surface area contributed by atoms with E-state index < -0.39 is 0 Å². The molecule has 0 N–H and O–H groups in total. The molecular formula is C20H28N6O. The normalized spacial score (nSPS) is 21.2. The predicted molar refractivity (Wildman–Crippen MR) is 106 cm³/mol. The molecule has 144 valence electrons. The number of aromatic nitrogens is 3. The van der Waals surface area contributed by atoms with Crippen molar-refractivity contribution < 1.29 is 4.74 Å². The lowest BCUT2D eigenvalue weighted by Crippen LogP contribution is -2.46. The molecule has 0 saturated carbocycles. The number of anilines is 2. The molecule has 7 heteroatoms. The molecule has 0 bridgehead atoms. The highest BCUT2D eigenvalue weighted by Crippen LogP contribution is 2.22. The van der Waals surface area contributed by atoms with Gasteiger partial charge in [-0.1, -0.05) is 0 Å². The Bertz CT molecular complexity index is 721. The van der Waals surface area contributed by atoms with Gasteiger partial charge in [0, 0.05) is 57.9 Å². The van der Waals surface area contributed by atoms with Crippen LogP contribution in [-0.2, 0) is 11.3 Å². The molecule has 0 amide bonds. The molecule has 2 saturated heterocycles.